The molecule has 2 saturated heterocycles. The van der Waals surface area contributed by atoms with Gasteiger partial charge in [0.1, 0.15) is 0 Å². The number of hydrogen-bond donors (Lipinski definition) is 0. The van der Waals surface area contributed by atoms with Crippen LogP contribution in [0.4, 0.5) is 0 Å². The van der Waals surface area contributed by atoms with Gasteiger partial charge in [-0.2, -0.15) is 0 Å². The Hall–Kier alpha value is 0.744. The van der Waals surface area contributed by atoms with Crippen LogP contribution < -0.4 is 0 Å². The van der Waals surface area contributed by atoms with Crippen LogP contribution in [-0.4, -0.2) is 54.1 Å². The molecule has 0 unspecified atom stereocenters. The molecule has 0 aromatic heterocycles. The van der Waals surface area contributed by atoms with Gasteiger partial charge in [0.15, 0.2) is 0 Å². The summed E-state index contributed by atoms with van der Waals surface area (Å²) >= 11 is 0. The highest BCUT2D eigenvalue weighted by atomic mass is 28.4. The lowest BCUT2D eigenvalue weighted by atomic mass is 9.71. The summed E-state index contributed by atoms with van der Waals surface area (Å²) in [5, 5.41) is 0. The van der Waals surface area contributed by atoms with E-state index in [-0.39, 0.29) is 0 Å². The Kier molecular flexibility index (Phi) is 41.5. The number of rotatable bonds is 7. The summed E-state index contributed by atoms with van der Waals surface area (Å²) in [7, 11) is -4.05. The van der Waals surface area contributed by atoms with E-state index in [1.807, 2.05) is 6.08 Å². The van der Waals surface area contributed by atoms with E-state index in [1.54, 1.807) is 12.1 Å². The van der Waals surface area contributed by atoms with Crippen molar-refractivity contribution in [2.24, 2.45) is 10.8 Å². The molecule has 0 aliphatic carbocycles. The van der Waals surface area contributed by atoms with E-state index in [4.69, 9.17) is 8.85 Å². The standard InChI is InChI=1S/C10H22Si.C8H18.C6H14Si.C4H10O2Si.2C4H12Si.C4H10.C3H8/c1-5-6-7-8-9-10-11(2,3)4;1-7(2,3)8(4,5)6;2*1-7(2)5-3-4-6-7;2*1-5(2,3)4;1-3-4-2;1-3-2/h5H,1,6-10H2,2-4H3;1-6H3;3-6H2,1-2H3;3-4H2,1-2H3;2*1-4H3;3-4H2,1-2H3;3H2,1-2H3. The van der Waals surface area contributed by atoms with E-state index in [2.05, 4.69) is 174 Å². The first kappa shape index (κ1) is 62.7. The molecule has 0 amide bonds. The van der Waals surface area contributed by atoms with Gasteiger partial charge in [-0.3, -0.25) is 0 Å². The molecule has 2 rings (SSSR count). The maximum absolute atomic E-state index is 5.26. The van der Waals surface area contributed by atoms with Crippen LogP contribution in [0.3, 0.4) is 0 Å². The Morgan fingerprint density at radius 3 is 1.02 bits per heavy atom. The lowest BCUT2D eigenvalue weighted by molar-refractivity contribution is 0.157. The zero-order chi connectivity index (χ0) is 41.5. The Morgan fingerprint density at radius 1 is 0.580 bits per heavy atom. The molecule has 0 aromatic rings. The smallest absolute Gasteiger partial charge is 0.331 e. The minimum absolute atomic E-state index is 0.437. The summed E-state index contributed by atoms with van der Waals surface area (Å²) < 4.78 is 10.5. The summed E-state index contributed by atoms with van der Waals surface area (Å²) in [4.78, 5) is 0. The minimum atomic E-state index is -1.54. The zero-order valence-corrected chi connectivity index (χ0v) is 45.5. The van der Waals surface area contributed by atoms with Crippen LogP contribution in [0.1, 0.15) is 127 Å². The third-order valence-electron chi connectivity index (χ3n) is 7.52. The molecular formula is C43H106O2Si5. The molecule has 2 aliphatic heterocycles. The van der Waals surface area contributed by atoms with Crippen molar-refractivity contribution >= 4 is 40.9 Å². The average Bonchev–Trinajstić information content (AvgIpc) is 3.48. The molecule has 7 heteroatoms. The molecule has 2 heterocycles. The summed E-state index contributed by atoms with van der Waals surface area (Å²) in [5.74, 6) is 0. The molecule has 2 nitrogen and oxygen atoms in total. The van der Waals surface area contributed by atoms with Crippen LogP contribution in [-0.2, 0) is 8.85 Å². The van der Waals surface area contributed by atoms with E-state index in [0.29, 0.717) is 10.8 Å². The van der Waals surface area contributed by atoms with Gasteiger partial charge in [-0.25, -0.2) is 0 Å². The predicted molar refractivity (Wildman–Crippen MR) is 256 cm³/mol. The quantitative estimate of drug-likeness (QED) is 0.145. The van der Waals surface area contributed by atoms with E-state index in [0.717, 1.165) is 13.2 Å². The van der Waals surface area contributed by atoms with Gasteiger partial charge >= 0.3 is 8.56 Å². The molecule has 0 atom stereocenters. The van der Waals surface area contributed by atoms with Crippen molar-refractivity contribution in [3.05, 3.63) is 12.7 Å². The summed E-state index contributed by atoms with van der Waals surface area (Å²) in [6.45, 7) is 62.6. The van der Waals surface area contributed by atoms with Crippen LogP contribution in [0.5, 0.6) is 0 Å². The van der Waals surface area contributed by atoms with Crippen molar-refractivity contribution in [1.29, 1.82) is 0 Å². The largest absolute Gasteiger partial charge is 0.392 e. The number of allylic oxidation sites excluding steroid dienone is 1. The van der Waals surface area contributed by atoms with Gasteiger partial charge in [0, 0.05) is 32.3 Å². The lowest BCUT2D eigenvalue weighted by Gasteiger charge is -2.34. The maximum Gasteiger partial charge on any atom is 0.331 e. The zero-order valence-electron chi connectivity index (χ0n) is 40.5. The van der Waals surface area contributed by atoms with Crippen LogP contribution >= 0.6 is 0 Å². The molecule has 50 heavy (non-hydrogen) atoms. The Bertz CT molecular complexity index is 627. The third-order valence-corrected chi connectivity index (χ3v) is 14.6. The lowest BCUT2D eigenvalue weighted by Crippen LogP contribution is -2.26. The second kappa shape index (κ2) is 33.1. The maximum atomic E-state index is 5.26. The summed E-state index contributed by atoms with van der Waals surface area (Å²) in [6, 6.07) is 4.67. The Labute approximate surface area is 328 Å². The molecule has 310 valence electrons. The van der Waals surface area contributed by atoms with Gasteiger partial charge in [0.05, 0.1) is 13.2 Å². The van der Waals surface area contributed by atoms with Crippen molar-refractivity contribution in [2.75, 3.05) is 13.2 Å². The molecule has 0 spiro atoms. The van der Waals surface area contributed by atoms with E-state index < -0.39 is 40.9 Å². The van der Waals surface area contributed by atoms with Gasteiger partial charge in [-0.1, -0.05) is 224 Å². The first-order valence-corrected chi connectivity index (χ1v) is 38.9. The third kappa shape index (κ3) is 82.3. The highest BCUT2D eigenvalue weighted by Crippen LogP contribution is 2.36. The minimum Gasteiger partial charge on any atom is -0.392 e. The normalized spacial score (nSPS) is 16.1. The van der Waals surface area contributed by atoms with Gasteiger partial charge in [0.25, 0.3) is 0 Å². The van der Waals surface area contributed by atoms with Gasteiger partial charge < -0.3 is 8.85 Å². The summed E-state index contributed by atoms with van der Waals surface area (Å²) in [5.41, 5.74) is 0.875. The first-order valence-electron chi connectivity index (χ1n) is 20.9. The molecular weight excluding hydrogens is 689 g/mol. The van der Waals surface area contributed by atoms with E-state index in [1.165, 1.54) is 63.8 Å². The first-order chi connectivity index (χ1) is 22.1. The monoisotopic (exact) mass is 795 g/mol. The van der Waals surface area contributed by atoms with Gasteiger partial charge in [-0.05, 0) is 36.8 Å². The highest BCUT2D eigenvalue weighted by Gasteiger charge is 2.29. The van der Waals surface area contributed by atoms with Gasteiger partial charge in [-0.15, -0.1) is 6.58 Å². The van der Waals surface area contributed by atoms with Crippen molar-refractivity contribution in [3.8, 4) is 0 Å². The summed E-state index contributed by atoms with van der Waals surface area (Å²) in [6.07, 6.45) is 14.3. The van der Waals surface area contributed by atoms with Crippen LogP contribution in [0, 0.1) is 10.8 Å². The Morgan fingerprint density at radius 2 is 0.880 bits per heavy atom. The second-order valence-corrected chi connectivity index (χ2v) is 48.5. The topological polar surface area (TPSA) is 18.5 Å². The molecule has 0 radical (unpaired) electrons. The molecule has 0 aromatic carbocycles. The number of hydrogen-bond acceptors (Lipinski definition) is 2. The fraction of sp³-hybridized carbons (Fsp3) is 0.953. The molecule has 0 bridgehead atoms. The van der Waals surface area contributed by atoms with Crippen LogP contribution in [0.2, 0.25) is 116 Å². The second-order valence-electron chi connectivity index (χ2n) is 22.1. The SMILES string of the molecule is C=CCCCCC[Si](C)(C)C.CC(C)(C)C(C)(C)C.CCC.CCCC.C[Si](C)(C)C.C[Si](C)(C)C.C[Si]1(C)CCCC1.C[Si]1(C)OCCO1. The fourth-order valence-corrected chi connectivity index (χ4v) is 8.28. The van der Waals surface area contributed by atoms with Crippen molar-refractivity contribution in [2.45, 2.75) is 243 Å². The molecule has 0 N–H and O–H groups in total. The van der Waals surface area contributed by atoms with E-state index in [9.17, 15) is 0 Å². The van der Waals surface area contributed by atoms with Crippen LogP contribution in [0.25, 0.3) is 0 Å². The van der Waals surface area contributed by atoms with Crippen LogP contribution in [0.15, 0.2) is 12.7 Å². The highest BCUT2D eigenvalue weighted by molar-refractivity contribution is 6.78. The van der Waals surface area contributed by atoms with E-state index >= 15 is 0 Å². The van der Waals surface area contributed by atoms with Crippen molar-refractivity contribution in [3.63, 3.8) is 0 Å². The van der Waals surface area contributed by atoms with Crippen molar-refractivity contribution < 1.29 is 8.85 Å². The molecule has 0 saturated carbocycles. The number of unbranched alkanes of at least 4 members (excludes halogenated alkanes) is 4. The molecule has 2 fully saturated rings. The molecule has 2 aliphatic rings. The average molecular weight is 796 g/mol. The van der Waals surface area contributed by atoms with Crippen molar-refractivity contribution in [1.82, 2.24) is 0 Å². The fourth-order valence-electron chi connectivity index (χ4n) is 3.07. The predicted octanol–water partition coefficient (Wildman–Crippen LogP) is 17.5. The van der Waals surface area contributed by atoms with Gasteiger partial charge in [0.2, 0.25) is 0 Å². The Balaban J connectivity index is -0.000000114.